The zero-order chi connectivity index (χ0) is 10.7. The zero-order valence-electron chi connectivity index (χ0n) is 6.77. The van der Waals surface area contributed by atoms with Crippen molar-refractivity contribution in [3.05, 3.63) is 27.5 Å². The van der Waals surface area contributed by atoms with E-state index < -0.39 is 6.43 Å². The summed E-state index contributed by atoms with van der Waals surface area (Å²) in [5.41, 5.74) is -0.0626. The molecule has 0 bridgehead atoms. The first-order valence-corrected chi connectivity index (χ1v) is 4.86. The molecule has 6 heteroatoms. The van der Waals surface area contributed by atoms with Gasteiger partial charge in [0.05, 0.1) is 16.0 Å². The molecule has 0 N–H and O–H groups in total. The van der Waals surface area contributed by atoms with E-state index in [0.717, 1.165) is 0 Å². The molecule has 0 unspecified atom stereocenters. The molecule has 0 fully saturated rings. The molecule has 14 heavy (non-hydrogen) atoms. The normalized spacial score (nSPS) is 10.3. The number of aromatic nitrogens is 1. The fourth-order valence-corrected chi connectivity index (χ4v) is 1.51. The van der Waals surface area contributed by atoms with Gasteiger partial charge in [-0.1, -0.05) is 0 Å². The Hall–Kier alpha value is -0.730. The van der Waals surface area contributed by atoms with Gasteiger partial charge in [-0.2, -0.15) is 5.26 Å². The van der Waals surface area contributed by atoms with E-state index in [4.69, 9.17) is 16.9 Å². The summed E-state index contributed by atoms with van der Waals surface area (Å²) in [6.07, 6.45) is -2.65. The van der Waals surface area contributed by atoms with Crippen molar-refractivity contribution in [1.82, 2.24) is 4.98 Å². The molecule has 0 saturated carbocycles. The van der Waals surface area contributed by atoms with Crippen molar-refractivity contribution in [1.29, 1.82) is 5.26 Å². The Kier molecular flexibility index (Phi) is 3.78. The number of rotatable bonds is 2. The van der Waals surface area contributed by atoms with Crippen LogP contribution in [0.15, 0.2) is 10.5 Å². The second-order valence-corrected chi connectivity index (χ2v) is 3.47. The number of hydrogen-bond donors (Lipinski definition) is 0. The van der Waals surface area contributed by atoms with Crippen LogP contribution in [0.1, 0.15) is 23.4 Å². The van der Waals surface area contributed by atoms with Gasteiger partial charge in [0.1, 0.15) is 6.07 Å². The van der Waals surface area contributed by atoms with Crippen LogP contribution in [0.4, 0.5) is 8.78 Å². The van der Waals surface area contributed by atoms with Gasteiger partial charge in [0.25, 0.3) is 6.43 Å². The van der Waals surface area contributed by atoms with Crippen molar-refractivity contribution in [2.45, 2.75) is 12.3 Å². The van der Waals surface area contributed by atoms with E-state index in [9.17, 15) is 8.78 Å². The van der Waals surface area contributed by atoms with E-state index in [1.807, 2.05) is 0 Å². The molecule has 74 valence electrons. The molecule has 0 aromatic carbocycles. The summed E-state index contributed by atoms with van der Waals surface area (Å²) in [5.74, 6) is 0.00167. The predicted molar refractivity (Wildman–Crippen MR) is 51.2 cm³/mol. The monoisotopic (exact) mass is 280 g/mol. The van der Waals surface area contributed by atoms with Gasteiger partial charge in [-0.15, -0.1) is 11.6 Å². The number of nitriles is 1. The maximum atomic E-state index is 12.5. The first-order chi connectivity index (χ1) is 6.60. The number of hydrogen-bond acceptors (Lipinski definition) is 2. The first-order valence-electron chi connectivity index (χ1n) is 3.53. The van der Waals surface area contributed by atoms with Crippen molar-refractivity contribution in [2.24, 2.45) is 0 Å². The topological polar surface area (TPSA) is 36.7 Å². The summed E-state index contributed by atoms with van der Waals surface area (Å²) in [6, 6.07) is 2.90. The summed E-state index contributed by atoms with van der Waals surface area (Å²) in [5, 5.41) is 8.61. The number of halogens is 4. The fourth-order valence-electron chi connectivity index (χ4n) is 0.906. The minimum atomic E-state index is -2.65. The molecule has 1 aromatic heterocycles. The highest BCUT2D eigenvalue weighted by Gasteiger charge is 2.17. The summed E-state index contributed by atoms with van der Waals surface area (Å²) in [4.78, 5) is 3.78. The summed E-state index contributed by atoms with van der Waals surface area (Å²) < 4.78 is 24.9. The Labute approximate surface area is 92.6 Å². The molecule has 0 atom stereocenters. The van der Waals surface area contributed by atoms with Gasteiger partial charge in [-0.05, 0) is 22.0 Å². The van der Waals surface area contributed by atoms with Gasteiger partial charge in [-0.3, -0.25) is 0 Å². The number of alkyl halides is 3. The lowest BCUT2D eigenvalue weighted by Gasteiger charge is -2.06. The molecule has 2 nitrogen and oxygen atoms in total. The molecule has 1 aromatic rings. The lowest BCUT2D eigenvalue weighted by Crippen LogP contribution is -1.97. The average molecular weight is 281 g/mol. The standard InChI is InChI=1S/C8H4BrClF2N2/c9-7-5(8(11)12)1-4(2-10)14-6(7)3-13/h1,8H,2H2. The molecule has 1 heterocycles. The second-order valence-electron chi connectivity index (χ2n) is 2.41. The van der Waals surface area contributed by atoms with E-state index in [1.165, 1.54) is 6.07 Å². The van der Waals surface area contributed by atoms with Crippen LogP contribution in [0.2, 0.25) is 0 Å². The Bertz CT molecular complexity index is 390. The van der Waals surface area contributed by atoms with Crippen molar-refractivity contribution < 1.29 is 8.78 Å². The van der Waals surface area contributed by atoms with E-state index in [0.29, 0.717) is 0 Å². The fraction of sp³-hybridized carbons (Fsp3) is 0.250. The number of nitrogens with zero attached hydrogens (tertiary/aromatic N) is 2. The zero-order valence-corrected chi connectivity index (χ0v) is 9.11. The lowest BCUT2D eigenvalue weighted by atomic mass is 10.2. The van der Waals surface area contributed by atoms with Crippen LogP contribution < -0.4 is 0 Å². The molecular weight excluding hydrogens is 277 g/mol. The molecule has 0 aliphatic heterocycles. The van der Waals surface area contributed by atoms with Crippen molar-refractivity contribution in [3.63, 3.8) is 0 Å². The smallest absolute Gasteiger partial charge is 0.240 e. The molecular formula is C8H4BrClF2N2. The van der Waals surface area contributed by atoms with Crippen molar-refractivity contribution in [2.75, 3.05) is 0 Å². The highest BCUT2D eigenvalue weighted by atomic mass is 79.9. The van der Waals surface area contributed by atoms with Crippen LogP contribution in [0.3, 0.4) is 0 Å². The maximum absolute atomic E-state index is 12.5. The van der Waals surface area contributed by atoms with Gasteiger partial charge in [-0.25, -0.2) is 13.8 Å². The summed E-state index contributed by atoms with van der Waals surface area (Å²) in [7, 11) is 0. The van der Waals surface area contributed by atoms with Gasteiger partial charge >= 0.3 is 0 Å². The van der Waals surface area contributed by atoms with Gasteiger partial charge in [0, 0.05) is 5.56 Å². The molecule has 0 aliphatic rings. The van der Waals surface area contributed by atoms with E-state index in [1.54, 1.807) is 6.07 Å². The minimum Gasteiger partial charge on any atom is -0.240 e. The van der Waals surface area contributed by atoms with Crippen LogP contribution in [0.25, 0.3) is 0 Å². The third-order valence-electron chi connectivity index (χ3n) is 1.52. The maximum Gasteiger partial charge on any atom is 0.265 e. The molecule has 0 spiro atoms. The van der Waals surface area contributed by atoms with Crippen LogP contribution in [0.5, 0.6) is 0 Å². The van der Waals surface area contributed by atoms with Gasteiger partial charge < -0.3 is 0 Å². The second kappa shape index (κ2) is 4.67. The molecule has 0 amide bonds. The third kappa shape index (κ3) is 2.20. The van der Waals surface area contributed by atoms with Gasteiger partial charge in [0.2, 0.25) is 0 Å². The van der Waals surface area contributed by atoms with E-state index in [-0.39, 0.29) is 27.3 Å². The molecule has 0 radical (unpaired) electrons. The van der Waals surface area contributed by atoms with E-state index in [2.05, 4.69) is 20.9 Å². The highest BCUT2D eigenvalue weighted by molar-refractivity contribution is 9.10. The molecule has 1 rings (SSSR count). The molecule has 0 aliphatic carbocycles. The van der Waals surface area contributed by atoms with Gasteiger partial charge in [0.15, 0.2) is 5.69 Å². The Morgan fingerprint density at radius 2 is 2.29 bits per heavy atom. The Balaban J connectivity index is 3.36. The highest BCUT2D eigenvalue weighted by Crippen LogP contribution is 2.30. The minimum absolute atomic E-state index is 0.00167. The van der Waals surface area contributed by atoms with E-state index >= 15 is 0 Å². The quantitative estimate of drug-likeness (QED) is 0.779. The average Bonchev–Trinajstić information content (AvgIpc) is 2.17. The predicted octanol–water partition coefficient (Wildman–Crippen LogP) is 3.39. The van der Waals surface area contributed by atoms with Crippen LogP contribution >= 0.6 is 27.5 Å². The lowest BCUT2D eigenvalue weighted by molar-refractivity contribution is 0.150. The summed E-state index contributed by atoms with van der Waals surface area (Å²) >= 11 is 8.35. The third-order valence-corrected chi connectivity index (χ3v) is 2.62. The summed E-state index contributed by atoms with van der Waals surface area (Å²) in [6.45, 7) is 0. The SMILES string of the molecule is N#Cc1nc(CCl)cc(C(F)F)c1Br. The van der Waals surface area contributed by atoms with Crippen LogP contribution in [0, 0.1) is 11.3 Å². The first kappa shape index (κ1) is 11.3. The van der Waals surface area contributed by atoms with Crippen LogP contribution in [-0.2, 0) is 5.88 Å². The number of pyridine rings is 1. The van der Waals surface area contributed by atoms with Crippen molar-refractivity contribution in [3.8, 4) is 6.07 Å². The molecule has 0 saturated heterocycles. The Morgan fingerprint density at radius 3 is 2.71 bits per heavy atom. The Morgan fingerprint density at radius 1 is 1.64 bits per heavy atom. The van der Waals surface area contributed by atoms with Crippen LogP contribution in [-0.4, -0.2) is 4.98 Å². The largest absolute Gasteiger partial charge is 0.265 e. The van der Waals surface area contributed by atoms with Crippen molar-refractivity contribution >= 4 is 27.5 Å².